The van der Waals surface area contributed by atoms with E-state index < -0.39 is 26.0 Å². The third-order valence-corrected chi connectivity index (χ3v) is 9.23. The maximum Gasteiger partial charge on any atom is 0.262 e. The fourth-order valence-corrected chi connectivity index (χ4v) is 6.56. The number of nitrogens with zero attached hydrogens (tertiary/aromatic N) is 1. The molecule has 0 aromatic heterocycles. The fraction of sp³-hybridized carbons (Fsp3) is 0.240. The Balaban J connectivity index is 1.51. The lowest BCUT2D eigenvalue weighted by Gasteiger charge is -2.26. The van der Waals surface area contributed by atoms with Crippen molar-refractivity contribution in [3.8, 4) is 5.75 Å². The van der Waals surface area contributed by atoms with Crippen LogP contribution in [0.3, 0.4) is 0 Å². The van der Waals surface area contributed by atoms with Crippen LogP contribution < -0.4 is 14.8 Å². The van der Waals surface area contributed by atoms with Crippen molar-refractivity contribution in [3.05, 3.63) is 77.9 Å². The summed E-state index contributed by atoms with van der Waals surface area (Å²) in [5.41, 5.74) is 1.25. The smallest absolute Gasteiger partial charge is 0.262 e. The van der Waals surface area contributed by atoms with Crippen molar-refractivity contribution in [2.75, 3.05) is 43.5 Å². The van der Waals surface area contributed by atoms with E-state index in [0.29, 0.717) is 24.5 Å². The number of amides is 1. The van der Waals surface area contributed by atoms with E-state index in [4.69, 9.17) is 9.47 Å². The van der Waals surface area contributed by atoms with Gasteiger partial charge in [0.2, 0.25) is 10.0 Å². The van der Waals surface area contributed by atoms with Crippen LogP contribution in [0.2, 0.25) is 0 Å². The van der Waals surface area contributed by atoms with E-state index in [1.165, 1.54) is 41.7 Å². The normalized spacial score (nSPS) is 14.6. The molecule has 0 radical (unpaired) electrons. The number of carbonyl (C=O) groups excluding carboxylic acids is 1. The van der Waals surface area contributed by atoms with Gasteiger partial charge in [-0.25, -0.2) is 16.8 Å². The second-order valence-electron chi connectivity index (χ2n) is 8.28. The monoisotopic (exact) mass is 545 g/mol. The minimum absolute atomic E-state index is 0.0110. The fourth-order valence-electron chi connectivity index (χ4n) is 3.81. The molecule has 196 valence electrons. The van der Waals surface area contributed by atoms with Gasteiger partial charge in [-0.2, -0.15) is 4.31 Å². The molecule has 37 heavy (non-hydrogen) atoms. The van der Waals surface area contributed by atoms with Crippen molar-refractivity contribution in [3.63, 3.8) is 0 Å². The molecule has 1 saturated heterocycles. The lowest BCUT2D eigenvalue weighted by molar-refractivity contribution is 0.0730. The topological polar surface area (TPSA) is 131 Å². The van der Waals surface area contributed by atoms with E-state index in [1.54, 1.807) is 43.3 Å². The standard InChI is InChI=1S/C25H27N3O7S2/c1-18-7-10-20(17-24(18)36(30,31)27-22-5-3-4-6-23(22)34-2)26-25(29)19-8-11-21(12-9-19)37(32,33)28-13-15-35-16-14-28/h3-12,17,27H,13-16H2,1-2H3,(H,26,29). The first-order valence-corrected chi connectivity index (χ1v) is 14.3. The molecule has 1 aliphatic heterocycles. The average Bonchev–Trinajstić information content (AvgIpc) is 2.90. The summed E-state index contributed by atoms with van der Waals surface area (Å²) in [7, 11) is -6.23. The molecule has 10 nitrogen and oxygen atoms in total. The molecule has 0 bridgehead atoms. The minimum Gasteiger partial charge on any atom is -0.495 e. The van der Waals surface area contributed by atoms with Gasteiger partial charge in [0.05, 0.1) is 35.8 Å². The molecule has 3 aromatic rings. The highest BCUT2D eigenvalue weighted by Gasteiger charge is 2.26. The second-order valence-corrected chi connectivity index (χ2v) is 11.9. The molecular weight excluding hydrogens is 518 g/mol. The zero-order valence-electron chi connectivity index (χ0n) is 20.3. The van der Waals surface area contributed by atoms with Gasteiger partial charge in [0, 0.05) is 24.3 Å². The summed E-state index contributed by atoms with van der Waals surface area (Å²) in [5.74, 6) is -0.146. The number of ether oxygens (including phenoxy) is 2. The molecule has 0 atom stereocenters. The number of methoxy groups -OCH3 is 1. The summed E-state index contributed by atoms with van der Waals surface area (Å²) in [5, 5.41) is 2.67. The van der Waals surface area contributed by atoms with Crippen LogP contribution in [0.5, 0.6) is 5.75 Å². The Morgan fingerprint density at radius 1 is 0.946 bits per heavy atom. The number of aryl methyl sites for hydroxylation is 1. The van der Waals surface area contributed by atoms with Crippen LogP contribution in [-0.4, -0.2) is 60.5 Å². The molecule has 1 fully saturated rings. The Morgan fingerprint density at radius 2 is 1.62 bits per heavy atom. The van der Waals surface area contributed by atoms with E-state index in [0.717, 1.165) is 0 Å². The van der Waals surface area contributed by atoms with Gasteiger partial charge >= 0.3 is 0 Å². The van der Waals surface area contributed by atoms with Gasteiger partial charge in [-0.05, 0) is 61.0 Å². The molecule has 12 heteroatoms. The first-order chi connectivity index (χ1) is 17.6. The Bertz CT molecular complexity index is 1500. The third kappa shape index (κ3) is 5.93. The van der Waals surface area contributed by atoms with Crippen molar-refractivity contribution in [1.82, 2.24) is 4.31 Å². The zero-order chi connectivity index (χ0) is 26.6. The third-order valence-electron chi connectivity index (χ3n) is 5.81. The average molecular weight is 546 g/mol. The van der Waals surface area contributed by atoms with E-state index in [2.05, 4.69) is 10.0 Å². The first kappa shape index (κ1) is 26.6. The molecule has 1 heterocycles. The summed E-state index contributed by atoms with van der Waals surface area (Å²) in [6.07, 6.45) is 0. The number of sulfonamides is 2. The maximum absolute atomic E-state index is 13.1. The molecular formula is C25H27N3O7S2. The van der Waals surface area contributed by atoms with E-state index in [-0.39, 0.29) is 39.8 Å². The van der Waals surface area contributed by atoms with Crippen LogP contribution in [0.25, 0.3) is 0 Å². The number of rotatable bonds is 8. The maximum atomic E-state index is 13.1. The van der Waals surface area contributed by atoms with Gasteiger partial charge in [-0.15, -0.1) is 0 Å². The number of carbonyl (C=O) groups is 1. The molecule has 2 N–H and O–H groups in total. The number of anilines is 2. The lowest BCUT2D eigenvalue weighted by atomic mass is 10.2. The van der Waals surface area contributed by atoms with Crippen molar-refractivity contribution in [2.45, 2.75) is 16.7 Å². The number of hydrogen-bond acceptors (Lipinski definition) is 7. The summed E-state index contributed by atoms with van der Waals surface area (Å²) >= 11 is 0. The highest BCUT2D eigenvalue weighted by molar-refractivity contribution is 7.92. The molecule has 0 spiro atoms. The first-order valence-electron chi connectivity index (χ1n) is 11.4. The molecule has 0 saturated carbocycles. The van der Waals surface area contributed by atoms with Crippen molar-refractivity contribution in [1.29, 1.82) is 0 Å². The summed E-state index contributed by atoms with van der Waals surface area (Å²) in [4.78, 5) is 12.9. The highest BCUT2D eigenvalue weighted by Crippen LogP contribution is 2.28. The summed E-state index contributed by atoms with van der Waals surface area (Å²) in [6.45, 7) is 2.87. The van der Waals surface area contributed by atoms with Gasteiger partial charge in [0.25, 0.3) is 15.9 Å². The number of benzene rings is 3. The van der Waals surface area contributed by atoms with Gasteiger partial charge in [0.1, 0.15) is 5.75 Å². The van der Waals surface area contributed by atoms with Gasteiger partial charge in [0.15, 0.2) is 0 Å². The van der Waals surface area contributed by atoms with E-state index in [1.807, 2.05) is 0 Å². The van der Waals surface area contributed by atoms with Crippen LogP contribution >= 0.6 is 0 Å². The molecule has 1 amide bonds. The highest BCUT2D eigenvalue weighted by atomic mass is 32.2. The Kier molecular flexibility index (Phi) is 7.83. The number of nitrogens with one attached hydrogen (secondary N) is 2. The summed E-state index contributed by atoms with van der Waals surface area (Å²) in [6, 6.07) is 16.8. The predicted molar refractivity (Wildman–Crippen MR) is 139 cm³/mol. The quantitative estimate of drug-likeness (QED) is 0.445. The Morgan fingerprint density at radius 3 is 2.30 bits per heavy atom. The van der Waals surface area contributed by atoms with Gasteiger partial charge < -0.3 is 14.8 Å². The number of para-hydroxylation sites is 2. The summed E-state index contributed by atoms with van der Waals surface area (Å²) < 4.78 is 66.1. The van der Waals surface area contributed by atoms with Crippen molar-refractivity contribution >= 4 is 37.3 Å². The van der Waals surface area contributed by atoms with Crippen LogP contribution in [0.1, 0.15) is 15.9 Å². The van der Waals surface area contributed by atoms with Crippen LogP contribution in [0.15, 0.2) is 76.5 Å². The molecule has 1 aliphatic rings. The zero-order valence-corrected chi connectivity index (χ0v) is 21.9. The Labute approximate surface area is 216 Å². The second kappa shape index (κ2) is 10.9. The van der Waals surface area contributed by atoms with Crippen LogP contribution in [-0.2, 0) is 24.8 Å². The van der Waals surface area contributed by atoms with Crippen molar-refractivity contribution < 1.29 is 31.1 Å². The molecule has 0 aliphatic carbocycles. The largest absolute Gasteiger partial charge is 0.495 e. The van der Waals surface area contributed by atoms with Crippen LogP contribution in [0.4, 0.5) is 11.4 Å². The predicted octanol–water partition coefficient (Wildman–Crippen LogP) is 3.08. The molecule has 4 rings (SSSR count). The van der Waals surface area contributed by atoms with E-state index >= 15 is 0 Å². The molecule has 0 unspecified atom stereocenters. The van der Waals surface area contributed by atoms with Crippen molar-refractivity contribution in [2.24, 2.45) is 0 Å². The van der Waals surface area contributed by atoms with Gasteiger partial charge in [-0.3, -0.25) is 9.52 Å². The number of morpholine rings is 1. The van der Waals surface area contributed by atoms with E-state index in [9.17, 15) is 21.6 Å². The van der Waals surface area contributed by atoms with Crippen LogP contribution in [0, 0.1) is 6.92 Å². The Hall–Kier alpha value is -3.45. The van der Waals surface area contributed by atoms with Gasteiger partial charge in [-0.1, -0.05) is 18.2 Å². The number of hydrogen-bond donors (Lipinski definition) is 2. The lowest BCUT2D eigenvalue weighted by Crippen LogP contribution is -2.40. The SMILES string of the molecule is COc1ccccc1NS(=O)(=O)c1cc(NC(=O)c2ccc(S(=O)(=O)N3CCOCC3)cc2)ccc1C. The molecule has 3 aromatic carbocycles. The minimum atomic E-state index is -3.99.